The first-order valence-electron chi connectivity index (χ1n) is 9.85. The van der Waals surface area contributed by atoms with Crippen LogP contribution in [0, 0.1) is 0 Å². The second-order valence-electron chi connectivity index (χ2n) is 7.56. The molecule has 9 heteroatoms. The highest BCUT2D eigenvalue weighted by molar-refractivity contribution is 6.44. The van der Waals surface area contributed by atoms with Crippen LogP contribution in [0.2, 0.25) is 10.0 Å². The molecule has 1 aliphatic heterocycles. The molecule has 0 bridgehead atoms. The minimum absolute atomic E-state index is 0.00920. The van der Waals surface area contributed by atoms with Crippen molar-refractivity contribution in [3.8, 4) is 0 Å². The van der Waals surface area contributed by atoms with Gasteiger partial charge < -0.3 is 15.5 Å². The molecule has 0 radical (unpaired) electrons. The minimum atomic E-state index is -0.615. The summed E-state index contributed by atoms with van der Waals surface area (Å²) in [5.41, 5.74) is 1.64. The number of hydrogen-bond acceptors (Lipinski definition) is 4. The second-order valence-corrected chi connectivity index (χ2v) is 8.35. The van der Waals surface area contributed by atoms with Gasteiger partial charge in [0, 0.05) is 12.5 Å². The summed E-state index contributed by atoms with van der Waals surface area (Å²) in [4.78, 5) is 41.3. The lowest BCUT2D eigenvalue weighted by molar-refractivity contribution is -0.123. The Labute approximate surface area is 191 Å². The lowest BCUT2D eigenvalue weighted by atomic mass is 10.1. The topological polar surface area (TPSA) is 81.8 Å². The van der Waals surface area contributed by atoms with Gasteiger partial charge in [-0.15, -0.1) is 0 Å². The molecule has 7 nitrogen and oxygen atoms in total. The van der Waals surface area contributed by atoms with E-state index in [1.807, 2.05) is 13.0 Å². The Bertz CT molecular complexity index is 1010. The molecule has 2 aromatic carbocycles. The molecule has 3 rings (SSSR count). The van der Waals surface area contributed by atoms with Crippen molar-refractivity contribution in [3.05, 3.63) is 52.5 Å². The first-order chi connectivity index (χ1) is 14.7. The number of nitrogens with zero attached hydrogens (tertiary/aromatic N) is 2. The number of nitrogens with one attached hydrogen (secondary N) is 2. The number of carbonyl (C=O) groups is 3. The summed E-state index contributed by atoms with van der Waals surface area (Å²) in [5.74, 6) is -0.672. The summed E-state index contributed by atoms with van der Waals surface area (Å²) in [6.45, 7) is 3.52. The van der Waals surface area contributed by atoms with Gasteiger partial charge in [0.1, 0.15) is 0 Å². The number of amides is 3. The summed E-state index contributed by atoms with van der Waals surface area (Å²) in [6.07, 6.45) is 0.188. The molecule has 2 aromatic rings. The number of para-hydroxylation sites is 2. The number of rotatable bonds is 5. The van der Waals surface area contributed by atoms with Crippen molar-refractivity contribution in [1.29, 1.82) is 0 Å². The first kappa shape index (κ1) is 23.1. The summed E-state index contributed by atoms with van der Waals surface area (Å²) >= 11 is 12.1. The molecule has 3 amide bonds. The molecule has 0 unspecified atom stereocenters. The van der Waals surface area contributed by atoms with E-state index < -0.39 is 6.04 Å². The molecule has 1 heterocycles. The van der Waals surface area contributed by atoms with Gasteiger partial charge in [0.2, 0.25) is 17.7 Å². The SMILES string of the molecule is C[C@@H](C(=O)Nc1cccc(Cl)c1Cl)N(C)CC(=O)N1c2ccccc2NC(=O)C[C@@H]1C. The van der Waals surface area contributed by atoms with Crippen molar-refractivity contribution < 1.29 is 14.4 Å². The minimum Gasteiger partial charge on any atom is -0.324 e. The highest BCUT2D eigenvalue weighted by atomic mass is 35.5. The van der Waals surface area contributed by atoms with Gasteiger partial charge in [-0.1, -0.05) is 41.4 Å². The van der Waals surface area contributed by atoms with Gasteiger partial charge in [0.05, 0.1) is 39.7 Å². The summed E-state index contributed by atoms with van der Waals surface area (Å²) < 4.78 is 0. The largest absolute Gasteiger partial charge is 0.324 e. The fraction of sp³-hybridized carbons (Fsp3) is 0.318. The number of anilines is 3. The molecular formula is C22H24Cl2N4O3. The van der Waals surface area contributed by atoms with Crippen molar-refractivity contribution in [1.82, 2.24) is 4.90 Å². The quantitative estimate of drug-likeness (QED) is 0.702. The van der Waals surface area contributed by atoms with Crippen molar-refractivity contribution >= 4 is 58.0 Å². The zero-order valence-electron chi connectivity index (χ0n) is 17.5. The van der Waals surface area contributed by atoms with E-state index in [-0.39, 0.29) is 41.8 Å². The summed E-state index contributed by atoms with van der Waals surface area (Å²) in [5, 5.41) is 6.18. The number of carbonyl (C=O) groups excluding carboxylic acids is 3. The normalized spacial score (nSPS) is 16.9. The lowest BCUT2D eigenvalue weighted by Gasteiger charge is -2.31. The predicted octanol–water partition coefficient (Wildman–Crippen LogP) is 4.02. The molecule has 2 N–H and O–H groups in total. The number of halogens is 2. The predicted molar refractivity (Wildman–Crippen MR) is 124 cm³/mol. The fourth-order valence-electron chi connectivity index (χ4n) is 3.43. The average molecular weight is 463 g/mol. The van der Waals surface area contributed by atoms with E-state index in [1.54, 1.807) is 60.2 Å². The van der Waals surface area contributed by atoms with Crippen LogP contribution in [0.5, 0.6) is 0 Å². The maximum absolute atomic E-state index is 13.2. The maximum Gasteiger partial charge on any atom is 0.241 e. The van der Waals surface area contributed by atoms with E-state index in [0.717, 1.165) is 0 Å². The van der Waals surface area contributed by atoms with Crippen LogP contribution in [0.25, 0.3) is 0 Å². The van der Waals surface area contributed by atoms with Crippen LogP contribution in [-0.4, -0.2) is 48.3 Å². The van der Waals surface area contributed by atoms with Gasteiger partial charge in [-0.2, -0.15) is 0 Å². The van der Waals surface area contributed by atoms with Crippen LogP contribution in [-0.2, 0) is 14.4 Å². The number of benzene rings is 2. The third-order valence-electron chi connectivity index (χ3n) is 5.26. The standard InChI is InChI=1S/C22H24Cl2N4O3/c1-13-11-19(29)25-16-8-4-5-10-18(16)28(13)20(30)12-27(3)14(2)22(31)26-17-9-6-7-15(23)21(17)24/h4-10,13-14H,11-12H2,1-3H3,(H,25,29)(H,26,31)/t13-,14-/m0/s1. The van der Waals surface area contributed by atoms with Crippen molar-refractivity contribution in [3.63, 3.8) is 0 Å². The third kappa shape index (κ3) is 5.18. The molecule has 0 saturated carbocycles. The molecule has 0 saturated heterocycles. The molecule has 164 valence electrons. The van der Waals surface area contributed by atoms with Gasteiger partial charge in [0.15, 0.2) is 0 Å². The van der Waals surface area contributed by atoms with Crippen LogP contribution >= 0.6 is 23.2 Å². The molecule has 0 aromatic heterocycles. The average Bonchev–Trinajstić information content (AvgIpc) is 2.84. The number of likely N-dealkylation sites (N-methyl/N-ethyl adjacent to an activating group) is 1. The molecule has 31 heavy (non-hydrogen) atoms. The highest BCUT2D eigenvalue weighted by Crippen LogP contribution is 2.32. The maximum atomic E-state index is 13.2. The number of fused-ring (bicyclic) bond motifs is 1. The first-order valence-corrected chi connectivity index (χ1v) is 10.6. The van der Waals surface area contributed by atoms with E-state index in [4.69, 9.17) is 23.2 Å². The van der Waals surface area contributed by atoms with E-state index in [9.17, 15) is 14.4 Å². The Morgan fingerprint density at radius 2 is 1.94 bits per heavy atom. The summed E-state index contributed by atoms with van der Waals surface area (Å²) in [6, 6.07) is 11.2. The Kier molecular flexibility index (Phi) is 7.20. The highest BCUT2D eigenvalue weighted by Gasteiger charge is 2.31. The molecular weight excluding hydrogens is 439 g/mol. The molecule has 0 aliphatic carbocycles. The molecule has 1 aliphatic rings. The Morgan fingerprint density at radius 1 is 1.23 bits per heavy atom. The monoisotopic (exact) mass is 462 g/mol. The Balaban J connectivity index is 1.72. The fourth-order valence-corrected chi connectivity index (χ4v) is 3.78. The van der Waals surface area contributed by atoms with E-state index in [0.29, 0.717) is 22.1 Å². The van der Waals surface area contributed by atoms with Crippen LogP contribution < -0.4 is 15.5 Å². The Hall–Kier alpha value is -2.61. The summed E-state index contributed by atoms with van der Waals surface area (Å²) in [7, 11) is 1.69. The van der Waals surface area contributed by atoms with Crippen LogP contribution in [0.1, 0.15) is 20.3 Å². The van der Waals surface area contributed by atoms with E-state index in [2.05, 4.69) is 10.6 Å². The van der Waals surface area contributed by atoms with Crippen LogP contribution in [0.4, 0.5) is 17.1 Å². The van der Waals surface area contributed by atoms with Gasteiger partial charge in [0.25, 0.3) is 0 Å². The zero-order valence-corrected chi connectivity index (χ0v) is 19.0. The van der Waals surface area contributed by atoms with E-state index in [1.165, 1.54) is 0 Å². The van der Waals surface area contributed by atoms with Crippen molar-refractivity contribution in [2.24, 2.45) is 0 Å². The van der Waals surface area contributed by atoms with Crippen molar-refractivity contribution in [2.45, 2.75) is 32.4 Å². The number of hydrogen-bond donors (Lipinski definition) is 2. The van der Waals surface area contributed by atoms with E-state index >= 15 is 0 Å². The van der Waals surface area contributed by atoms with Crippen LogP contribution in [0.3, 0.4) is 0 Å². The lowest BCUT2D eigenvalue weighted by Crippen LogP contribution is -2.48. The van der Waals surface area contributed by atoms with Gasteiger partial charge in [-0.25, -0.2) is 0 Å². The smallest absolute Gasteiger partial charge is 0.241 e. The zero-order chi connectivity index (χ0) is 22.7. The molecule has 2 atom stereocenters. The molecule has 0 fully saturated rings. The third-order valence-corrected chi connectivity index (χ3v) is 6.08. The van der Waals surface area contributed by atoms with Gasteiger partial charge in [-0.3, -0.25) is 19.3 Å². The Morgan fingerprint density at radius 3 is 2.68 bits per heavy atom. The van der Waals surface area contributed by atoms with Gasteiger partial charge in [-0.05, 0) is 45.2 Å². The van der Waals surface area contributed by atoms with Gasteiger partial charge >= 0.3 is 0 Å². The van der Waals surface area contributed by atoms with Crippen LogP contribution in [0.15, 0.2) is 42.5 Å². The second kappa shape index (κ2) is 9.68. The molecule has 0 spiro atoms. The van der Waals surface area contributed by atoms with Crippen molar-refractivity contribution in [2.75, 3.05) is 29.1 Å².